The summed E-state index contributed by atoms with van der Waals surface area (Å²) in [7, 11) is 0. The summed E-state index contributed by atoms with van der Waals surface area (Å²) in [6.07, 6.45) is 5.19. The van der Waals surface area contributed by atoms with E-state index in [1.54, 1.807) is 36.7 Å². The van der Waals surface area contributed by atoms with Gasteiger partial charge in [0, 0.05) is 17.4 Å². The van der Waals surface area contributed by atoms with Gasteiger partial charge in [-0.25, -0.2) is 0 Å². The number of rotatable bonds is 2. The number of anilines is 1. The monoisotopic (exact) mass is 332 g/mol. The van der Waals surface area contributed by atoms with Gasteiger partial charge in [-0.15, -0.1) is 0 Å². The van der Waals surface area contributed by atoms with E-state index in [-0.39, 0.29) is 5.91 Å². The number of carbonyl (C=O) groups excluding carboxylic acids is 1. The van der Waals surface area contributed by atoms with Gasteiger partial charge in [-0.3, -0.25) is 14.7 Å². The normalized spacial score (nSPS) is 16.8. The number of hydrogen-bond acceptors (Lipinski definition) is 4. The number of thiocarbonyl (C=S) groups is 1. The molecule has 0 spiro atoms. The van der Waals surface area contributed by atoms with Crippen molar-refractivity contribution < 1.29 is 4.79 Å². The molecule has 1 aromatic heterocycles. The van der Waals surface area contributed by atoms with Crippen molar-refractivity contribution in [2.24, 2.45) is 0 Å². The minimum absolute atomic E-state index is 0.121. The average Bonchev–Trinajstić information content (AvgIpc) is 2.76. The molecule has 0 unspecified atom stereocenters. The van der Waals surface area contributed by atoms with E-state index in [0.717, 1.165) is 11.3 Å². The van der Waals surface area contributed by atoms with E-state index in [1.165, 1.54) is 16.7 Å². The lowest BCUT2D eigenvalue weighted by molar-refractivity contribution is -0.113. The number of benzene rings is 1. The number of hydrogen-bond donors (Lipinski definition) is 0. The maximum Gasteiger partial charge on any atom is 0.270 e. The van der Waals surface area contributed by atoms with Crippen molar-refractivity contribution in [3.8, 4) is 0 Å². The molecule has 21 heavy (non-hydrogen) atoms. The van der Waals surface area contributed by atoms with Gasteiger partial charge in [-0.2, -0.15) is 0 Å². The van der Waals surface area contributed by atoms with Gasteiger partial charge < -0.3 is 0 Å². The molecule has 6 heteroatoms. The van der Waals surface area contributed by atoms with Crippen molar-refractivity contribution in [2.75, 3.05) is 4.90 Å². The van der Waals surface area contributed by atoms with Gasteiger partial charge in [0.25, 0.3) is 5.91 Å². The van der Waals surface area contributed by atoms with Crippen LogP contribution in [-0.2, 0) is 4.79 Å². The Hall–Kier alpha value is -1.69. The standard InChI is InChI=1S/C15H9ClN2OS2/c16-11-1-3-12(4-2-11)18-14(19)13(21-15(18)20)9-10-5-7-17-8-6-10/h1-9H. The summed E-state index contributed by atoms with van der Waals surface area (Å²) in [5.74, 6) is -0.121. The predicted octanol–water partition coefficient (Wildman–Crippen LogP) is 4.14. The molecule has 0 bridgehead atoms. The Morgan fingerprint density at radius 2 is 1.81 bits per heavy atom. The maximum atomic E-state index is 12.5. The highest BCUT2D eigenvalue weighted by Gasteiger charge is 2.33. The van der Waals surface area contributed by atoms with E-state index < -0.39 is 0 Å². The lowest BCUT2D eigenvalue weighted by Gasteiger charge is -2.14. The van der Waals surface area contributed by atoms with E-state index in [9.17, 15) is 4.79 Å². The van der Waals surface area contributed by atoms with E-state index in [0.29, 0.717) is 14.2 Å². The molecule has 2 aromatic rings. The Labute approximate surface area is 136 Å². The Morgan fingerprint density at radius 3 is 2.48 bits per heavy atom. The summed E-state index contributed by atoms with van der Waals surface area (Å²) in [6, 6.07) is 10.7. The first-order valence-electron chi connectivity index (χ1n) is 6.09. The molecule has 1 aliphatic heterocycles. The molecule has 1 fully saturated rings. The summed E-state index contributed by atoms with van der Waals surface area (Å²) in [5.41, 5.74) is 1.64. The van der Waals surface area contributed by atoms with Gasteiger partial charge in [-0.1, -0.05) is 35.6 Å². The Morgan fingerprint density at radius 1 is 1.14 bits per heavy atom. The molecule has 3 nitrogen and oxygen atoms in total. The lowest BCUT2D eigenvalue weighted by atomic mass is 10.2. The van der Waals surface area contributed by atoms with Crippen molar-refractivity contribution in [3.05, 3.63) is 64.3 Å². The molecule has 0 aliphatic carbocycles. The summed E-state index contributed by atoms with van der Waals surface area (Å²) in [6.45, 7) is 0. The van der Waals surface area contributed by atoms with Crippen molar-refractivity contribution in [1.82, 2.24) is 4.98 Å². The molecule has 0 radical (unpaired) electrons. The van der Waals surface area contributed by atoms with Gasteiger partial charge in [-0.05, 0) is 48.0 Å². The third kappa shape index (κ3) is 3.00. The Bertz CT molecular complexity index is 729. The largest absolute Gasteiger partial charge is 0.270 e. The van der Waals surface area contributed by atoms with Gasteiger partial charge in [0.1, 0.15) is 0 Å². The number of carbonyl (C=O) groups is 1. The molecule has 0 atom stereocenters. The van der Waals surface area contributed by atoms with Crippen LogP contribution in [0.3, 0.4) is 0 Å². The van der Waals surface area contributed by atoms with Crippen LogP contribution < -0.4 is 4.90 Å². The highest BCUT2D eigenvalue weighted by atomic mass is 35.5. The fraction of sp³-hybridized carbons (Fsp3) is 0. The predicted molar refractivity (Wildman–Crippen MR) is 91.3 cm³/mol. The van der Waals surface area contributed by atoms with Gasteiger partial charge >= 0.3 is 0 Å². The van der Waals surface area contributed by atoms with Gasteiger partial charge in [0.15, 0.2) is 4.32 Å². The van der Waals surface area contributed by atoms with E-state index in [1.807, 2.05) is 18.2 Å². The first-order valence-corrected chi connectivity index (χ1v) is 7.69. The van der Waals surface area contributed by atoms with Crippen molar-refractivity contribution >= 4 is 57.6 Å². The van der Waals surface area contributed by atoms with Crippen LogP contribution in [0, 0.1) is 0 Å². The van der Waals surface area contributed by atoms with Crippen molar-refractivity contribution in [2.45, 2.75) is 0 Å². The van der Waals surface area contributed by atoms with Crippen LogP contribution in [0.4, 0.5) is 5.69 Å². The topological polar surface area (TPSA) is 33.2 Å². The SMILES string of the molecule is O=C1C(=Cc2ccncc2)SC(=S)N1c1ccc(Cl)cc1. The van der Waals surface area contributed by atoms with Crippen LogP contribution in [0.25, 0.3) is 6.08 Å². The molecule has 2 heterocycles. The third-order valence-corrected chi connectivity index (χ3v) is 4.44. The zero-order valence-corrected chi connectivity index (χ0v) is 13.1. The second-order valence-electron chi connectivity index (χ2n) is 4.27. The molecule has 0 saturated carbocycles. The highest BCUT2D eigenvalue weighted by molar-refractivity contribution is 8.27. The number of thioether (sulfide) groups is 1. The van der Waals surface area contributed by atoms with Crippen LogP contribution in [0.1, 0.15) is 5.56 Å². The minimum Gasteiger partial charge on any atom is -0.268 e. The molecule has 1 aliphatic rings. The number of amides is 1. The highest BCUT2D eigenvalue weighted by Crippen LogP contribution is 2.36. The molecule has 104 valence electrons. The van der Waals surface area contributed by atoms with E-state index in [2.05, 4.69) is 4.98 Å². The molecule has 1 saturated heterocycles. The first kappa shape index (κ1) is 14.3. The quantitative estimate of drug-likeness (QED) is 0.611. The second kappa shape index (κ2) is 5.97. The van der Waals surface area contributed by atoms with Crippen LogP contribution in [0.2, 0.25) is 5.02 Å². The Kier molecular flexibility index (Phi) is 4.05. The maximum absolute atomic E-state index is 12.5. The summed E-state index contributed by atoms with van der Waals surface area (Å²) in [4.78, 5) is 18.6. The molecule has 0 N–H and O–H groups in total. The molecular formula is C15H9ClN2OS2. The van der Waals surface area contributed by atoms with Crippen LogP contribution in [0.5, 0.6) is 0 Å². The summed E-state index contributed by atoms with van der Waals surface area (Å²) >= 11 is 12.5. The van der Waals surface area contributed by atoms with Crippen LogP contribution >= 0.6 is 35.6 Å². The minimum atomic E-state index is -0.121. The molecule has 1 amide bonds. The summed E-state index contributed by atoms with van der Waals surface area (Å²) in [5, 5.41) is 0.622. The van der Waals surface area contributed by atoms with Crippen molar-refractivity contribution in [1.29, 1.82) is 0 Å². The number of nitrogens with zero attached hydrogens (tertiary/aromatic N) is 2. The average molecular weight is 333 g/mol. The summed E-state index contributed by atoms with van der Waals surface area (Å²) < 4.78 is 0.516. The van der Waals surface area contributed by atoms with Crippen molar-refractivity contribution in [3.63, 3.8) is 0 Å². The number of halogens is 1. The molecule has 3 rings (SSSR count). The Balaban J connectivity index is 1.92. The molecule has 1 aromatic carbocycles. The number of aromatic nitrogens is 1. The van der Waals surface area contributed by atoms with Gasteiger partial charge in [0.05, 0.1) is 10.6 Å². The smallest absolute Gasteiger partial charge is 0.268 e. The van der Waals surface area contributed by atoms with E-state index >= 15 is 0 Å². The lowest BCUT2D eigenvalue weighted by Crippen LogP contribution is -2.27. The van der Waals surface area contributed by atoms with Gasteiger partial charge in [0.2, 0.25) is 0 Å². The van der Waals surface area contributed by atoms with Crippen LogP contribution in [-0.4, -0.2) is 15.2 Å². The van der Waals surface area contributed by atoms with Crippen LogP contribution in [0.15, 0.2) is 53.7 Å². The third-order valence-electron chi connectivity index (χ3n) is 2.88. The zero-order chi connectivity index (χ0) is 14.8. The first-order chi connectivity index (χ1) is 10.1. The molecular weight excluding hydrogens is 324 g/mol. The second-order valence-corrected chi connectivity index (χ2v) is 6.39. The number of pyridine rings is 1. The fourth-order valence-corrected chi connectivity index (χ4v) is 3.32. The van der Waals surface area contributed by atoms with E-state index in [4.69, 9.17) is 23.8 Å². The fourth-order valence-electron chi connectivity index (χ4n) is 1.89. The zero-order valence-electron chi connectivity index (χ0n) is 10.7.